The molecule has 0 spiro atoms. The van der Waals surface area contributed by atoms with E-state index in [4.69, 9.17) is 5.73 Å². The normalized spacial score (nSPS) is 10.2. The highest BCUT2D eigenvalue weighted by atomic mass is 32.1. The monoisotopic (exact) mass is 307 g/mol. The molecule has 1 aromatic heterocycles. The lowest BCUT2D eigenvalue weighted by molar-refractivity contribution is 0.0963. The van der Waals surface area contributed by atoms with Crippen molar-refractivity contribution in [2.45, 2.75) is 6.42 Å². The number of amides is 1. The van der Waals surface area contributed by atoms with Crippen LogP contribution in [0.25, 0.3) is 0 Å². The maximum Gasteiger partial charge on any atom is 0.263 e. The number of thiophene rings is 1. The van der Waals surface area contributed by atoms with Gasteiger partial charge in [-0.1, -0.05) is 6.08 Å². The molecule has 0 atom stereocenters. The molecule has 0 saturated heterocycles. The molecule has 1 rings (SSSR count). The highest BCUT2D eigenvalue weighted by molar-refractivity contribution is 7.18. The van der Waals surface area contributed by atoms with Gasteiger partial charge in [0.15, 0.2) is 0 Å². The first-order chi connectivity index (χ1) is 10.0. The van der Waals surface area contributed by atoms with Gasteiger partial charge in [-0.05, 0) is 27.1 Å². The molecule has 6 nitrogen and oxygen atoms in total. The fourth-order valence-electron chi connectivity index (χ4n) is 1.69. The first kappa shape index (κ1) is 17.0. The standard InChI is InChI=1S/C14H21N5OS/c1-4-6-17-13(20)12-11(16)10(9-15)14(21-12)18-7-5-8-19(2)3/h4,18H,1,5-8,16H2,2-3H3,(H,17,20). The minimum absolute atomic E-state index is 0.235. The molecule has 1 aromatic rings. The summed E-state index contributed by atoms with van der Waals surface area (Å²) in [5.74, 6) is -0.282. The van der Waals surface area contributed by atoms with E-state index in [-0.39, 0.29) is 11.6 Å². The summed E-state index contributed by atoms with van der Waals surface area (Å²) in [7, 11) is 4.01. The van der Waals surface area contributed by atoms with Crippen molar-refractivity contribution in [3.8, 4) is 6.07 Å². The van der Waals surface area contributed by atoms with Crippen molar-refractivity contribution in [3.05, 3.63) is 23.1 Å². The third-order valence-electron chi connectivity index (χ3n) is 2.74. The zero-order valence-corrected chi connectivity index (χ0v) is 13.2. The lowest BCUT2D eigenvalue weighted by atomic mass is 10.2. The number of rotatable bonds is 8. The molecule has 0 radical (unpaired) electrons. The largest absolute Gasteiger partial charge is 0.396 e. The molecule has 0 aromatic carbocycles. The molecule has 0 saturated carbocycles. The zero-order chi connectivity index (χ0) is 15.8. The van der Waals surface area contributed by atoms with Crippen LogP contribution < -0.4 is 16.4 Å². The summed E-state index contributed by atoms with van der Waals surface area (Å²) in [6.45, 7) is 5.57. The van der Waals surface area contributed by atoms with Crippen molar-refractivity contribution in [1.82, 2.24) is 10.2 Å². The van der Waals surface area contributed by atoms with E-state index in [9.17, 15) is 10.1 Å². The number of nitriles is 1. The van der Waals surface area contributed by atoms with Crippen molar-refractivity contribution in [1.29, 1.82) is 5.26 Å². The number of hydrogen-bond donors (Lipinski definition) is 3. The molecule has 0 unspecified atom stereocenters. The van der Waals surface area contributed by atoms with E-state index in [2.05, 4.69) is 28.2 Å². The Labute approximate surface area is 129 Å². The van der Waals surface area contributed by atoms with Gasteiger partial charge in [-0.2, -0.15) is 5.26 Å². The van der Waals surface area contributed by atoms with Gasteiger partial charge in [-0.3, -0.25) is 4.79 Å². The number of nitrogens with two attached hydrogens (primary N) is 1. The van der Waals surface area contributed by atoms with E-state index in [1.54, 1.807) is 6.08 Å². The summed E-state index contributed by atoms with van der Waals surface area (Å²) >= 11 is 1.21. The molecule has 0 aliphatic rings. The van der Waals surface area contributed by atoms with E-state index in [1.807, 2.05) is 14.1 Å². The van der Waals surface area contributed by atoms with E-state index in [1.165, 1.54) is 11.3 Å². The van der Waals surface area contributed by atoms with Crippen LogP contribution >= 0.6 is 11.3 Å². The van der Waals surface area contributed by atoms with Crippen LogP contribution in [0.3, 0.4) is 0 Å². The van der Waals surface area contributed by atoms with Gasteiger partial charge in [0.05, 0.1) is 5.69 Å². The van der Waals surface area contributed by atoms with Gasteiger partial charge >= 0.3 is 0 Å². The number of carbonyl (C=O) groups excluding carboxylic acids is 1. The summed E-state index contributed by atoms with van der Waals surface area (Å²) in [4.78, 5) is 14.4. The molecule has 7 heteroatoms. The van der Waals surface area contributed by atoms with Crippen LogP contribution in [0.2, 0.25) is 0 Å². The maximum absolute atomic E-state index is 12.0. The number of nitrogen functional groups attached to an aromatic ring is 1. The summed E-state index contributed by atoms with van der Waals surface area (Å²) in [5, 5.41) is 15.7. The quantitative estimate of drug-likeness (QED) is 0.499. The molecular formula is C14H21N5OS. The highest BCUT2D eigenvalue weighted by Gasteiger charge is 2.20. The molecule has 0 bridgehead atoms. The van der Waals surface area contributed by atoms with Crippen LogP contribution in [0.4, 0.5) is 10.7 Å². The minimum atomic E-state index is -0.282. The third-order valence-corrected chi connectivity index (χ3v) is 3.90. The number of hydrogen-bond acceptors (Lipinski definition) is 6. The van der Waals surface area contributed by atoms with Gasteiger partial charge < -0.3 is 21.3 Å². The Bertz CT molecular complexity index is 544. The SMILES string of the molecule is C=CCNC(=O)c1sc(NCCCN(C)C)c(C#N)c1N. The van der Waals surface area contributed by atoms with Crippen molar-refractivity contribution >= 4 is 27.9 Å². The Morgan fingerprint density at radius 3 is 2.86 bits per heavy atom. The number of nitrogens with zero attached hydrogens (tertiary/aromatic N) is 2. The van der Waals surface area contributed by atoms with Crippen molar-refractivity contribution in [2.75, 3.05) is 44.8 Å². The second-order valence-electron chi connectivity index (χ2n) is 4.74. The van der Waals surface area contributed by atoms with Crippen LogP contribution in [0.1, 0.15) is 21.7 Å². The van der Waals surface area contributed by atoms with E-state index >= 15 is 0 Å². The second-order valence-corrected chi connectivity index (χ2v) is 5.76. The summed E-state index contributed by atoms with van der Waals surface area (Å²) in [5.41, 5.74) is 6.47. The lowest BCUT2D eigenvalue weighted by Crippen LogP contribution is -2.23. The fourth-order valence-corrected chi connectivity index (χ4v) is 2.70. The van der Waals surface area contributed by atoms with Gasteiger partial charge in [-0.15, -0.1) is 17.9 Å². The smallest absolute Gasteiger partial charge is 0.263 e. The zero-order valence-electron chi connectivity index (χ0n) is 12.4. The molecular weight excluding hydrogens is 286 g/mol. The molecule has 21 heavy (non-hydrogen) atoms. The van der Waals surface area contributed by atoms with Gasteiger partial charge in [0, 0.05) is 13.1 Å². The molecule has 114 valence electrons. The summed E-state index contributed by atoms with van der Waals surface area (Å²) < 4.78 is 0. The van der Waals surface area contributed by atoms with Gasteiger partial charge in [-0.25, -0.2) is 0 Å². The van der Waals surface area contributed by atoms with Gasteiger partial charge in [0.2, 0.25) is 0 Å². The van der Waals surface area contributed by atoms with Crippen molar-refractivity contribution in [2.24, 2.45) is 0 Å². The first-order valence-corrected chi connectivity index (χ1v) is 7.43. The molecule has 0 aliphatic heterocycles. The van der Waals surface area contributed by atoms with Crippen molar-refractivity contribution in [3.63, 3.8) is 0 Å². The van der Waals surface area contributed by atoms with Crippen molar-refractivity contribution < 1.29 is 4.79 Å². The van der Waals surface area contributed by atoms with Crippen LogP contribution in [0.15, 0.2) is 12.7 Å². The van der Waals surface area contributed by atoms with Crippen LogP contribution in [0, 0.1) is 11.3 Å². The van der Waals surface area contributed by atoms with E-state index in [0.29, 0.717) is 22.0 Å². The van der Waals surface area contributed by atoms with Crippen LogP contribution in [0.5, 0.6) is 0 Å². The summed E-state index contributed by atoms with van der Waals surface area (Å²) in [6, 6.07) is 2.06. The highest BCUT2D eigenvalue weighted by Crippen LogP contribution is 2.35. The summed E-state index contributed by atoms with van der Waals surface area (Å²) in [6.07, 6.45) is 2.53. The average molecular weight is 307 g/mol. The molecule has 0 fully saturated rings. The number of nitrogens with one attached hydrogen (secondary N) is 2. The molecule has 1 heterocycles. The van der Waals surface area contributed by atoms with Gasteiger partial charge in [0.1, 0.15) is 21.5 Å². The minimum Gasteiger partial charge on any atom is -0.396 e. The Morgan fingerprint density at radius 1 is 1.57 bits per heavy atom. The maximum atomic E-state index is 12.0. The molecule has 0 aliphatic carbocycles. The van der Waals surface area contributed by atoms with Crippen LogP contribution in [-0.2, 0) is 0 Å². The molecule has 1 amide bonds. The molecule has 4 N–H and O–H groups in total. The Hall–Kier alpha value is -2.04. The predicted molar refractivity (Wildman–Crippen MR) is 87.6 cm³/mol. The first-order valence-electron chi connectivity index (χ1n) is 6.61. The number of carbonyl (C=O) groups is 1. The lowest BCUT2D eigenvalue weighted by Gasteiger charge is -2.09. The second kappa shape index (κ2) is 8.29. The predicted octanol–water partition coefficient (Wildman–Crippen LogP) is 1.48. The van der Waals surface area contributed by atoms with E-state index < -0.39 is 0 Å². The van der Waals surface area contributed by atoms with Gasteiger partial charge in [0.25, 0.3) is 5.91 Å². The van der Waals surface area contributed by atoms with Crippen LogP contribution in [-0.4, -0.2) is 44.5 Å². The third kappa shape index (κ3) is 4.77. The Morgan fingerprint density at radius 2 is 2.29 bits per heavy atom. The number of anilines is 2. The van der Waals surface area contributed by atoms with E-state index in [0.717, 1.165) is 19.5 Å². The average Bonchev–Trinajstić information content (AvgIpc) is 2.77. The topological polar surface area (TPSA) is 94.2 Å². The Balaban J connectivity index is 2.78. The Kier molecular flexibility index (Phi) is 6.72. The fraction of sp³-hybridized carbons (Fsp3) is 0.429.